The first-order chi connectivity index (χ1) is 10.6. The predicted octanol–water partition coefficient (Wildman–Crippen LogP) is 2.02. The second kappa shape index (κ2) is 5.29. The quantitative estimate of drug-likeness (QED) is 0.523. The van der Waals surface area contributed by atoms with Crippen LogP contribution in [0.1, 0.15) is 29.3 Å². The van der Waals surface area contributed by atoms with Gasteiger partial charge in [-0.2, -0.15) is 5.10 Å². The minimum atomic E-state index is -0.218. The highest BCUT2D eigenvalue weighted by molar-refractivity contribution is 5.88. The molecule has 2 heterocycles. The molecule has 0 unspecified atom stereocenters. The molecule has 0 saturated carbocycles. The maximum absolute atomic E-state index is 12.6. The van der Waals surface area contributed by atoms with Crippen molar-refractivity contribution in [1.29, 1.82) is 0 Å². The van der Waals surface area contributed by atoms with Crippen molar-refractivity contribution in [3.8, 4) is 16.9 Å². The SMILES string of the molecule is CCc1cc(C)cc2c1-c1c(c(/C=N\O)nn(C)c1=O)OC2. The first-order valence-corrected chi connectivity index (χ1v) is 7.11. The molecule has 1 N–H and O–H groups in total. The Balaban J connectivity index is 2.42. The summed E-state index contributed by atoms with van der Waals surface area (Å²) in [5.74, 6) is 0.381. The first-order valence-electron chi connectivity index (χ1n) is 7.11. The van der Waals surface area contributed by atoms with Crippen molar-refractivity contribution < 1.29 is 9.94 Å². The third-order valence-corrected chi connectivity index (χ3v) is 3.85. The minimum Gasteiger partial charge on any atom is -0.486 e. The van der Waals surface area contributed by atoms with Crippen LogP contribution < -0.4 is 10.3 Å². The molecule has 0 saturated heterocycles. The van der Waals surface area contributed by atoms with Crippen LogP contribution in [-0.2, 0) is 20.1 Å². The highest BCUT2D eigenvalue weighted by Gasteiger charge is 2.27. The molecule has 1 aliphatic heterocycles. The van der Waals surface area contributed by atoms with Gasteiger partial charge < -0.3 is 9.94 Å². The van der Waals surface area contributed by atoms with E-state index in [4.69, 9.17) is 9.94 Å². The summed E-state index contributed by atoms with van der Waals surface area (Å²) in [4.78, 5) is 12.6. The molecule has 0 radical (unpaired) electrons. The van der Waals surface area contributed by atoms with Gasteiger partial charge in [0.05, 0.1) is 11.8 Å². The minimum absolute atomic E-state index is 0.218. The van der Waals surface area contributed by atoms with Crippen molar-refractivity contribution in [3.05, 3.63) is 44.9 Å². The standard InChI is InChI=1S/C16H17N3O3/c1-4-10-5-9(2)6-11-8-22-15-12(7-17-21)18-19(3)16(20)14(15)13(10)11/h5-7,21H,4,8H2,1-3H3/b17-7-. The van der Waals surface area contributed by atoms with Crippen LogP contribution in [0.15, 0.2) is 22.1 Å². The molecule has 2 aromatic rings. The molecular formula is C16H17N3O3. The van der Waals surface area contributed by atoms with E-state index in [1.165, 1.54) is 10.9 Å². The number of hydrogen-bond acceptors (Lipinski definition) is 5. The van der Waals surface area contributed by atoms with Crippen LogP contribution in [-0.4, -0.2) is 21.2 Å². The molecule has 114 valence electrons. The molecule has 0 fully saturated rings. The zero-order valence-electron chi connectivity index (χ0n) is 12.8. The lowest BCUT2D eigenvalue weighted by Crippen LogP contribution is -2.27. The van der Waals surface area contributed by atoms with E-state index in [0.29, 0.717) is 23.6 Å². The predicted molar refractivity (Wildman–Crippen MR) is 82.7 cm³/mol. The van der Waals surface area contributed by atoms with Crippen LogP contribution in [0.2, 0.25) is 0 Å². The van der Waals surface area contributed by atoms with Gasteiger partial charge in [-0.25, -0.2) is 4.68 Å². The molecule has 6 nitrogen and oxygen atoms in total. The summed E-state index contributed by atoms with van der Waals surface area (Å²) in [6, 6.07) is 4.13. The highest BCUT2D eigenvalue weighted by Crippen LogP contribution is 2.39. The number of nitrogens with zero attached hydrogens (tertiary/aromatic N) is 3. The van der Waals surface area contributed by atoms with Crippen LogP contribution in [0.3, 0.4) is 0 Å². The summed E-state index contributed by atoms with van der Waals surface area (Å²) in [6.45, 7) is 4.47. The summed E-state index contributed by atoms with van der Waals surface area (Å²) >= 11 is 0. The fourth-order valence-electron chi connectivity index (χ4n) is 2.95. The number of rotatable bonds is 2. The summed E-state index contributed by atoms with van der Waals surface area (Å²) in [7, 11) is 1.57. The number of hydrogen-bond donors (Lipinski definition) is 1. The normalized spacial score (nSPS) is 12.9. The highest BCUT2D eigenvalue weighted by atomic mass is 16.5. The zero-order chi connectivity index (χ0) is 15.9. The molecule has 0 atom stereocenters. The maximum atomic E-state index is 12.6. The van der Waals surface area contributed by atoms with Gasteiger partial charge in [-0.05, 0) is 24.5 Å². The van der Waals surface area contributed by atoms with Gasteiger partial charge in [-0.3, -0.25) is 4.79 Å². The van der Waals surface area contributed by atoms with Crippen molar-refractivity contribution in [2.24, 2.45) is 12.2 Å². The molecule has 1 aliphatic rings. The van der Waals surface area contributed by atoms with Crippen LogP contribution in [0, 0.1) is 6.92 Å². The molecule has 3 rings (SSSR count). The van der Waals surface area contributed by atoms with E-state index in [2.05, 4.69) is 23.2 Å². The topological polar surface area (TPSA) is 76.7 Å². The average molecular weight is 299 g/mol. The van der Waals surface area contributed by atoms with Gasteiger partial charge in [0.2, 0.25) is 0 Å². The van der Waals surface area contributed by atoms with Crippen LogP contribution >= 0.6 is 0 Å². The lowest BCUT2D eigenvalue weighted by atomic mass is 9.90. The third kappa shape index (κ3) is 2.07. The zero-order valence-corrected chi connectivity index (χ0v) is 12.8. The van der Waals surface area contributed by atoms with E-state index in [1.54, 1.807) is 7.05 Å². The Morgan fingerprint density at radius 2 is 2.23 bits per heavy atom. The van der Waals surface area contributed by atoms with E-state index in [1.807, 2.05) is 13.0 Å². The first kappa shape index (κ1) is 14.3. The van der Waals surface area contributed by atoms with Crippen molar-refractivity contribution in [1.82, 2.24) is 9.78 Å². The maximum Gasteiger partial charge on any atom is 0.278 e. The molecule has 22 heavy (non-hydrogen) atoms. The largest absolute Gasteiger partial charge is 0.486 e. The molecule has 1 aromatic carbocycles. The van der Waals surface area contributed by atoms with Crippen molar-refractivity contribution >= 4 is 6.21 Å². The fourth-order valence-corrected chi connectivity index (χ4v) is 2.95. The molecule has 6 heteroatoms. The Labute approximate surface area is 127 Å². The molecule has 0 amide bonds. The van der Waals surface area contributed by atoms with Crippen LogP contribution in [0.5, 0.6) is 5.75 Å². The number of ether oxygens (including phenoxy) is 1. The summed E-state index contributed by atoms with van der Waals surface area (Å²) in [5.41, 5.74) is 4.79. The van der Waals surface area contributed by atoms with E-state index >= 15 is 0 Å². The Kier molecular flexibility index (Phi) is 3.44. The van der Waals surface area contributed by atoms with E-state index in [-0.39, 0.29) is 5.56 Å². The number of benzene rings is 1. The average Bonchev–Trinajstić information content (AvgIpc) is 2.50. The molecule has 0 bridgehead atoms. The van der Waals surface area contributed by atoms with Crippen molar-refractivity contribution in [2.45, 2.75) is 26.9 Å². The number of oxime groups is 1. The second-order valence-electron chi connectivity index (χ2n) is 5.36. The third-order valence-electron chi connectivity index (χ3n) is 3.85. The summed E-state index contributed by atoms with van der Waals surface area (Å²) < 4.78 is 6.99. The van der Waals surface area contributed by atoms with Crippen molar-refractivity contribution in [2.75, 3.05) is 0 Å². The van der Waals surface area contributed by atoms with E-state index in [0.717, 1.165) is 28.7 Å². The number of aromatic nitrogens is 2. The van der Waals surface area contributed by atoms with Crippen LogP contribution in [0.4, 0.5) is 0 Å². The molecule has 0 spiro atoms. The fraction of sp³-hybridized carbons (Fsp3) is 0.312. The summed E-state index contributed by atoms with van der Waals surface area (Å²) in [5, 5.41) is 15.9. The Morgan fingerprint density at radius 3 is 2.91 bits per heavy atom. The van der Waals surface area contributed by atoms with Gasteiger partial charge >= 0.3 is 0 Å². The molecule has 0 aliphatic carbocycles. The second-order valence-corrected chi connectivity index (χ2v) is 5.36. The van der Waals surface area contributed by atoms with Gasteiger partial charge in [-0.15, -0.1) is 0 Å². The molecular weight excluding hydrogens is 282 g/mol. The Morgan fingerprint density at radius 1 is 1.45 bits per heavy atom. The van der Waals surface area contributed by atoms with E-state index < -0.39 is 0 Å². The Hall–Kier alpha value is -2.63. The lowest BCUT2D eigenvalue weighted by Gasteiger charge is -2.24. The van der Waals surface area contributed by atoms with E-state index in [9.17, 15) is 4.79 Å². The lowest BCUT2D eigenvalue weighted by molar-refractivity contribution is 0.296. The monoisotopic (exact) mass is 299 g/mol. The van der Waals surface area contributed by atoms with Gasteiger partial charge in [0.25, 0.3) is 5.56 Å². The number of fused-ring (bicyclic) bond motifs is 3. The van der Waals surface area contributed by atoms with Gasteiger partial charge in [-0.1, -0.05) is 29.8 Å². The molecule has 1 aromatic heterocycles. The summed E-state index contributed by atoms with van der Waals surface area (Å²) in [6.07, 6.45) is 2.00. The smallest absolute Gasteiger partial charge is 0.278 e. The number of aryl methyl sites for hydroxylation is 3. The van der Waals surface area contributed by atoms with Crippen LogP contribution in [0.25, 0.3) is 11.1 Å². The Bertz CT molecular complexity index is 820. The van der Waals surface area contributed by atoms with Gasteiger partial charge in [0.1, 0.15) is 12.3 Å². The van der Waals surface area contributed by atoms with Gasteiger partial charge in [0.15, 0.2) is 5.75 Å². The van der Waals surface area contributed by atoms with Crippen molar-refractivity contribution in [3.63, 3.8) is 0 Å². The van der Waals surface area contributed by atoms with Gasteiger partial charge in [0, 0.05) is 12.6 Å².